The van der Waals surface area contributed by atoms with E-state index < -0.39 is 20.6 Å². The van der Waals surface area contributed by atoms with Crippen molar-refractivity contribution in [3.63, 3.8) is 0 Å². The summed E-state index contributed by atoms with van der Waals surface area (Å²) >= 11 is 0. The zero-order valence-corrected chi connectivity index (χ0v) is 15.7. The Balaban J connectivity index is 0.00000139. The lowest BCUT2D eigenvalue weighted by atomic mass is 10.3. The first-order chi connectivity index (χ1) is 11.4. The molecule has 0 saturated heterocycles. The molecule has 0 spiro atoms. The van der Waals surface area contributed by atoms with Crippen molar-refractivity contribution in [3.05, 3.63) is 47.5 Å². The highest BCUT2D eigenvalue weighted by Crippen LogP contribution is 2.17. The molecule has 1 aromatic heterocycles. The van der Waals surface area contributed by atoms with Gasteiger partial charge in [-0.05, 0) is 18.2 Å². The van der Waals surface area contributed by atoms with Gasteiger partial charge in [0.2, 0.25) is 5.16 Å². The molecule has 2 rings (SSSR count). The molecule has 0 aliphatic heterocycles. The summed E-state index contributed by atoms with van der Waals surface area (Å²) in [4.78, 5) is 8.27. The van der Waals surface area contributed by atoms with Gasteiger partial charge in [-0.1, -0.05) is 32.0 Å². The second kappa shape index (κ2) is 9.29. The largest absolute Gasteiger partial charge is 0.373 e. The molecular weight excluding hydrogens is 346 g/mol. The summed E-state index contributed by atoms with van der Waals surface area (Å²) in [6.45, 7) is 4.00. The van der Waals surface area contributed by atoms with Gasteiger partial charge in [-0.15, -0.1) is 0 Å². The van der Waals surface area contributed by atoms with Gasteiger partial charge in [0.15, 0.2) is 9.84 Å². The number of sulfone groups is 1. The van der Waals surface area contributed by atoms with E-state index in [9.17, 15) is 12.6 Å². The fourth-order valence-corrected chi connectivity index (χ4v) is 3.13. The molecule has 0 aliphatic carbocycles. The Morgan fingerprint density at radius 3 is 2.33 bits per heavy atom. The Morgan fingerprint density at radius 1 is 1.17 bits per heavy atom. The van der Waals surface area contributed by atoms with Crippen LogP contribution < -0.4 is 5.32 Å². The Kier molecular flexibility index (Phi) is 7.73. The van der Waals surface area contributed by atoms with Gasteiger partial charge in [0.1, 0.15) is 5.82 Å². The lowest BCUT2D eigenvalue weighted by Crippen LogP contribution is -2.03. The summed E-state index contributed by atoms with van der Waals surface area (Å²) in [7, 11) is -3.19. The van der Waals surface area contributed by atoms with Crippen molar-refractivity contribution >= 4 is 32.5 Å². The molecule has 0 bridgehead atoms. The number of rotatable bonds is 5. The second-order valence-corrected chi connectivity index (χ2v) is 7.43. The maximum atomic E-state index is 12.2. The molecule has 0 radical (unpaired) electrons. The predicted molar refractivity (Wildman–Crippen MR) is 97.9 cm³/mol. The standard InChI is InChI=1S/C14H15N3O3S2.C2H6/c1-15-13-11(10-16-14(17-13)21(2)18)8-9-22(19,20)12-6-4-3-5-7-12;1-2/h3-10H,1-2H3,(H,15,16,17);1-2H3/b9-8+;. The zero-order chi connectivity index (χ0) is 18.2. The topological polar surface area (TPSA) is 89.0 Å². The fraction of sp³-hybridized carbons (Fsp3) is 0.250. The number of hydrogen-bond donors (Lipinski definition) is 1. The number of anilines is 1. The van der Waals surface area contributed by atoms with Crippen molar-refractivity contribution in [2.24, 2.45) is 0 Å². The van der Waals surface area contributed by atoms with Gasteiger partial charge in [-0.2, -0.15) is 0 Å². The summed E-state index contributed by atoms with van der Waals surface area (Å²) in [5, 5.41) is 4.12. The van der Waals surface area contributed by atoms with Crippen molar-refractivity contribution in [1.29, 1.82) is 0 Å². The number of nitrogens with one attached hydrogen (secondary N) is 1. The third-order valence-electron chi connectivity index (χ3n) is 2.79. The maximum Gasteiger partial charge on any atom is 0.220 e. The van der Waals surface area contributed by atoms with Gasteiger partial charge in [-0.3, -0.25) is 4.21 Å². The second-order valence-electron chi connectivity index (χ2n) is 4.32. The van der Waals surface area contributed by atoms with Crippen molar-refractivity contribution in [3.8, 4) is 0 Å². The molecule has 0 fully saturated rings. The highest BCUT2D eigenvalue weighted by atomic mass is 32.2. The summed E-state index contributed by atoms with van der Waals surface area (Å²) in [5.41, 5.74) is 0.496. The van der Waals surface area contributed by atoms with Gasteiger partial charge in [-0.25, -0.2) is 18.4 Å². The molecule has 0 amide bonds. The SMILES string of the molecule is CC.CNc1nc(S(C)=O)ncc1/C=C/S(=O)(=O)c1ccccc1. The van der Waals surface area contributed by atoms with Crippen LogP contribution >= 0.6 is 0 Å². The molecule has 1 heterocycles. The molecule has 6 nitrogen and oxygen atoms in total. The number of hydrogen-bond acceptors (Lipinski definition) is 6. The van der Waals surface area contributed by atoms with E-state index in [0.29, 0.717) is 11.4 Å². The van der Waals surface area contributed by atoms with Crippen LogP contribution in [0.3, 0.4) is 0 Å². The number of aromatic nitrogens is 2. The van der Waals surface area contributed by atoms with Gasteiger partial charge >= 0.3 is 0 Å². The van der Waals surface area contributed by atoms with Crippen LogP contribution in [0, 0.1) is 0 Å². The number of nitrogens with zero attached hydrogens (tertiary/aromatic N) is 2. The average Bonchev–Trinajstić information content (AvgIpc) is 2.62. The molecule has 1 aromatic carbocycles. The van der Waals surface area contributed by atoms with Gasteiger partial charge < -0.3 is 5.32 Å². The minimum atomic E-state index is -3.53. The molecule has 8 heteroatoms. The van der Waals surface area contributed by atoms with E-state index in [4.69, 9.17) is 0 Å². The fourth-order valence-electron chi connectivity index (χ4n) is 1.69. The van der Waals surface area contributed by atoms with E-state index >= 15 is 0 Å². The van der Waals surface area contributed by atoms with Crippen molar-refractivity contribution < 1.29 is 12.6 Å². The third-order valence-corrected chi connectivity index (χ3v) is 4.92. The molecule has 0 aliphatic rings. The van der Waals surface area contributed by atoms with E-state index in [1.165, 1.54) is 30.7 Å². The van der Waals surface area contributed by atoms with Gasteiger partial charge in [0.05, 0.1) is 15.7 Å². The van der Waals surface area contributed by atoms with E-state index in [0.717, 1.165) is 5.41 Å². The van der Waals surface area contributed by atoms with Crippen LogP contribution in [-0.2, 0) is 20.6 Å². The van der Waals surface area contributed by atoms with Crippen LogP contribution in [0.5, 0.6) is 0 Å². The van der Waals surface area contributed by atoms with E-state index in [-0.39, 0.29) is 10.1 Å². The predicted octanol–water partition coefficient (Wildman–Crippen LogP) is 2.73. The van der Waals surface area contributed by atoms with Crippen molar-refractivity contribution in [2.45, 2.75) is 23.9 Å². The Morgan fingerprint density at radius 2 is 1.79 bits per heavy atom. The van der Waals surface area contributed by atoms with Crippen LogP contribution in [-0.4, -0.2) is 35.9 Å². The molecule has 1 unspecified atom stereocenters. The lowest BCUT2D eigenvalue weighted by molar-refractivity contribution is 0.605. The lowest BCUT2D eigenvalue weighted by Gasteiger charge is -2.05. The minimum Gasteiger partial charge on any atom is -0.373 e. The number of benzene rings is 1. The smallest absolute Gasteiger partial charge is 0.220 e. The first-order valence-electron chi connectivity index (χ1n) is 7.30. The summed E-state index contributed by atoms with van der Waals surface area (Å²) in [5.74, 6) is 0.416. The zero-order valence-electron chi connectivity index (χ0n) is 14.1. The summed E-state index contributed by atoms with van der Waals surface area (Å²) < 4.78 is 35.7. The molecule has 1 atom stereocenters. The van der Waals surface area contributed by atoms with Gasteiger partial charge in [0, 0.05) is 30.5 Å². The van der Waals surface area contributed by atoms with Crippen LogP contribution in [0.25, 0.3) is 6.08 Å². The monoisotopic (exact) mass is 367 g/mol. The Labute approximate surface area is 145 Å². The van der Waals surface area contributed by atoms with Gasteiger partial charge in [0.25, 0.3) is 0 Å². The maximum absolute atomic E-state index is 12.2. The first kappa shape index (κ1) is 20.0. The van der Waals surface area contributed by atoms with Crippen molar-refractivity contribution in [2.75, 3.05) is 18.6 Å². The minimum absolute atomic E-state index is 0.187. The normalized spacial score (nSPS) is 12.3. The Bertz CT molecular complexity index is 820. The quantitative estimate of drug-likeness (QED) is 0.818. The highest BCUT2D eigenvalue weighted by molar-refractivity contribution is 7.94. The van der Waals surface area contributed by atoms with Crippen LogP contribution in [0.1, 0.15) is 19.4 Å². The Hall–Kier alpha value is -2.06. The first-order valence-corrected chi connectivity index (χ1v) is 10.4. The molecule has 2 aromatic rings. The van der Waals surface area contributed by atoms with Crippen molar-refractivity contribution in [1.82, 2.24) is 9.97 Å². The van der Waals surface area contributed by atoms with Crippen LogP contribution in [0.15, 0.2) is 52.0 Å². The van der Waals surface area contributed by atoms with Crippen LogP contribution in [0.2, 0.25) is 0 Å². The summed E-state index contributed by atoms with van der Waals surface area (Å²) in [6.07, 6.45) is 4.33. The molecule has 24 heavy (non-hydrogen) atoms. The average molecular weight is 367 g/mol. The van der Waals surface area contributed by atoms with E-state index in [1.54, 1.807) is 25.2 Å². The molecular formula is C16H21N3O3S2. The van der Waals surface area contributed by atoms with E-state index in [2.05, 4.69) is 15.3 Å². The van der Waals surface area contributed by atoms with E-state index in [1.807, 2.05) is 13.8 Å². The van der Waals surface area contributed by atoms with Crippen LogP contribution in [0.4, 0.5) is 5.82 Å². The molecule has 130 valence electrons. The highest BCUT2D eigenvalue weighted by Gasteiger charge is 2.11. The molecule has 1 N–H and O–H groups in total. The summed E-state index contributed by atoms with van der Waals surface area (Å²) in [6, 6.07) is 8.12. The molecule has 0 saturated carbocycles. The third kappa shape index (κ3) is 5.24.